The molecule has 0 saturated carbocycles. The van der Waals surface area contributed by atoms with Crippen LogP contribution in [-0.2, 0) is 10.4 Å². The van der Waals surface area contributed by atoms with Gasteiger partial charge in [-0.2, -0.15) is 13.2 Å². The molecule has 22 heavy (non-hydrogen) atoms. The highest BCUT2D eigenvalue weighted by Gasteiger charge is 2.31. The van der Waals surface area contributed by atoms with Gasteiger partial charge >= 0.3 is 6.18 Å². The molecule has 2 aromatic rings. The average molecular weight is 330 g/mol. The van der Waals surface area contributed by atoms with E-state index in [0.717, 1.165) is 17.7 Å². The fraction of sp³-hybridized carbons (Fsp3) is 0.286. The first kappa shape index (κ1) is 16.6. The predicted molar refractivity (Wildman–Crippen MR) is 77.1 cm³/mol. The maximum Gasteiger partial charge on any atom is 0.416 e. The Kier molecular flexibility index (Phi) is 5.25. The van der Waals surface area contributed by atoms with Crippen LogP contribution >= 0.6 is 12.3 Å². The molecule has 0 aliphatic heterocycles. The molecule has 0 N–H and O–H groups in total. The Hall–Kier alpha value is -1.80. The van der Waals surface area contributed by atoms with Gasteiger partial charge in [0, 0.05) is 12.4 Å². The largest absolute Gasteiger partial charge is 0.416 e. The molecule has 2 rings (SSSR count). The standard InChI is InChI=1S/C14H13F3N2O2S/c1-3-20-22-21-12-6-10(14(15,16)17)4-5-11(12)13-18-7-9(2)8-19-13/h4-8H,3H2,1-2H3. The van der Waals surface area contributed by atoms with E-state index in [0.29, 0.717) is 24.5 Å². The van der Waals surface area contributed by atoms with Gasteiger partial charge in [0.15, 0.2) is 11.6 Å². The van der Waals surface area contributed by atoms with E-state index in [2.05, 4.69) is 9.97 Å². The Balaban J connectivity index is 2.40. The first-order valence-corrected chi connectivity index (χ1v) is 7.05. The lowest BCUT2D eigenvalue weighted by Crippen LogP contribution is -2.05. The van der Waals surface area contributed by atoms with Crippen LogP contribution in [-0.4, -0.2) is 16.6 Å². The second-order valence-corrected chi connectivity index (χ2v) is 4.89. The second-order valence-electron chi connectivity index (χ2n) is 4.35. The van der Waals surface area contributed by atoms with Gasteiger partial charge in [0.2, 0.25) is 12.3 Å². The van der Waals surface area contributed by atoms with Gasteiger partial charge < -0.3 is 4.18 Å². The summed E-state index contributed by atoms with van der Waals surface area (Å²) in [4.78, 5) is 8.21. The molecule has 0 spiro atoms. The van der Waals surface area contributed by atoms with Crippen molar-refractivity contribution in [2.45, 2.75) is 20.0 Å². The first-order valence-electron chi connectivity index (χ1n) is 6.38. The number of halogens is 3. The Bertz CT molecular complexity index is 633. The number of hydrogen-bond donors (Lipinski definition) is 0. The Labute approximate surface area is 130 Å². The highest BCUT2D eigenvalue weighted by molar-refractivity contribution is 7.90. The predicted octanol–water partition coefficient (Wildman–Crippen LogP) is 4.45. The van der Waals surface area contributed by atoms with Crippen molar-refractivity contribution in [3.05, 3.63) is 41.7 Å². The van der Waals surface area contributed by atoms with Crippen LogP contribution in [0.4, 0.5) is 13.2 Å². The summed E-state index contributed by atoms with van der Waals surface area (Å²) in [6, 6.07) is 3.16. The zero-order chi connectivity index (χ0) is 16.2. The molecule has 0 aliphatic rings. The van der Waals surface area contributed by atoms with Crippen LogP contribution in [0, 0.1) is 6.92 Å². The van der Waals surface area contributed by atoms with Crippen molar-refractivity contribution in [2.24, 2.45) is 0 Å². The molecule has 118 valence electrons. The highest BCUT2D eigenvalue weighted by Crippen LogP contribution is 2.37. The maximum absolute atomic E-state index is 12.8. The minimum absolute atomic E-state index is 0.00266. The lowest BCUT2D eigenvalue weighted by Gasteiger charge is -2.12. The van der Waals surface area contributed by atoms with Gasteiger partial charge in [-0.1, -0.05) is 0 Å². The lowest BCUT2D eigenvalue weighted by atomic mass is 10.1. The normalized spacial score (nSPS) is 11.5. The van der Waals surface area contributed by atoms with Crippen molar-refractivity contribution >= 4 is 12.3 Å². The molecule has 0 atom stereocenters. The number of aryl methyl sites for hydroxylation is 1. The molecule has 0 radical (unpaired) electrons. The molecule has 0 saturated heterocycles. The van der Waals surface area contributed by atoms with E-state index in [1.165, 1.54) is 6.07 Å². The van der Waals surface area contributed by atoms with Crippen molar-refractivity contribution in [2.75, 3.05) is 6.61 Å². The minimum Gasteiger partial charge on any atom is -0.400 e. The van der Waals surface area contributed by atoms with Gasteiger partial charge in [0.1, 0.15) is 0 Å². The molecule has 1 aromatic heterocycles. The average Bonchev–Trinajstić information content (AvgIpc) is 2.47. The molecule has 4 nitrogen and oxygen atoms in total. The summed E-state index contributed by atoms with van der Waals surface area (Å²) in [5.41, 5.74) is 0.400. The summed E-state index contributed by atoms with van der Waals surface area (Å²) in [5.74, 6) is 0.281. The van der Waals surface area contributed by atoms with E-state index in [1.54, 1.807) is 19.3 Å². The van der Waals surface area contributed by atoms with Gasteiger partial charge in [-0.15, -0.1) is 0 Å². The maximum atomic E-state index is 12.8. The van der Waals surface area contributed by atoms with Gasteiger partial charge in [-0.3, -0.25) is 4.18 Å². The third-order valence-electron chi connectivity index (χ3n) is 2.62. The molecule has 8 heteroatoms. The number of nitrogens with zero attached hydrogens (tertiary/aromatic N) is 2. The lowest BCUT2D eigenvalue weighted by molar-refractivity contribution is -0.137. The number of rotatable bonds is 5. The SMILES string of the molecule is CCOSOc1cc(C(F)(F)F)ccc1-c1ncc(C)cn1. The monoisotopic (exact) mass is 330 g/mol. The molecule has 0 amide bonds. The van der Waals surface area contributed by atoms with Crippen LogP contribution in [0.15, 0.2) is 30.6 Å². The van der Waals surface area contributed by atoms with E-state index in [9.17, 15) is 13.2 Å². The van der Waals surface area contributed by atoms with Crippen molar-refractivity contribution in [1.29, 1.82) is 0 Å². The van der Waals surface area contributed by atoms with Gasteiger partial charge in [0.05, 0.1) is 17.7 Å². The molecular weight excluding hydrogens is 317 g/mol. The van der Waals surface area contributed by atoms with Crippen molar-refractivity contribution < 1.29 is 21.5 Å². The van der Waals surface area contributed by atoms with E-state index < -0.39 is 11.7 Å². The zero-order valence-corrected chi connectivity index (χ0v) is 12.7. The molecule has 0 unspecified atom stereocenters. The summed E-state index contributed by atoms with van der Waals surface area (Å²) < 4.78 is 48.6. The Morgan fingerprint density at radius 3 is 2.45 bits per heavy atom. The minimum atomic E-state index is -4.46. The van der Waals surface area contributed by atoms with Crippen LogP contribution in [0.25, 0.3) is 11.4 Å². The Morgan fingerprint density at radius 2 is 1.86 bits per heavy atom. The first-order chi connectivity index (χ1) is 10.4. The van der Waals surface area contributed by atoms with Crippen molar-refractivity contribution in [3.63, 3.8) is 0 Å². The smallest absolute Gasteiger partial charge is 0.400 e. The van der Waals surface area contributed by atoms with Crippen molar-refractivity contribution in [3.8, 4) is 17.1 Å². The third-order valence-corrected chi connectivity index (χ3v) is 3.20. The van der Waals surface area contributed by atoms with Crippen LogP contribution in [0.2, 0.25) is 0 Å². The fourth-order valence-corrected chi connectivity index (χ4v) is 1.95. The summed E-state index contributed by atoms with van der Waals surface area (Å²) >= 11 is 0.615. The quantitative estimate of drug-likeness (QED) is 0.599. The van der Waals surface area contributed by atoms with E-state index in [4.69, 9.17) is 8.37 Å². The van der Waals surface area contributed by atoms with Crippen LogP contribution < -0.4 is 4.18 Å². The van der Waals surface area contributed by atoms with E-state index in [-0.39, 0.29) is 11.6 Å². The molecule has 0 bridgehead atoms. The zero-order valence-electron chi connectivity index (χ0n) is 11.8. The summed E-state index contributed by atoms with van der Waals surface area (Å²) in [7, 11) is 0. The van der Waals surface area contributed by atoms with Gasteiger partial charge in [-0.25, -0.2) is 9.97 Å². The number of hydrogen-bond acceptors (Lipinski definition) is 5. The van der Waals surface area contributed by atoms with Crippen LogP contribution in [0.1, 0.15) is 18.1 Å². The van der Waals surface area contributed by atoms with Crippen molar-refractivity contribution in [1.82, 2.24) is 9.97 Å². The highest BCUT2D eigenvalue weighted by atomic mass is 32.2. The van der Waals surface area contributed by atoms with E-state index in [1.807, 2.05) is 6.92 Å². The summed E-state index contributed by atoms with van der Waals surface area (Å²) in [6.45, 7) is 3.92. The van der Waals surface area contributed by atoms with Gasteiger partial charge in [-0.05, 0) is 37.6 Å². The van der Waals surface area contributed by atoms with Gasteiger partial charge in [0.25, 0.3) is 0 Å². The second kappa shape index (κ2) is 6.97. The topological polar surface area (TPSA) is 44.2 Å². The van der Waals surface area contributed by atoms with Crippen LogP contribution in [0.3, 0.4) is 0 Å². The Morgan fingerprint density at radius 1 is 1.18 bits per heavy atom. The summed E-state index contributed by atoms with van der Waals surface area (Å²) in [5, 5.41) is 0. The number of aromatic nitrogens is 2. The molecule has 1 aromatic carbocycles. The van der Waals surface area contributed by atoms with E-state index >= 15 is 0 Å². The van der Waals surface area contributed by atoms with Crippen LogP contribution in [0.5, 0.6) is 5.75 Å². The molecular formula is C14H13F3N2O2S. The number of benzene rings is 1. The third kappa shape index (κ3) is 4.11. The summed E-state index contributed by atoms with van der Waals surface area (Å²) in [6.07, 6.45) is -1.29. The fourth-order valence-electron chi connectivity index (χ4n) is 1.59. The molecule has 0 aliphatic carbocycles. The number of alkyl halides is 3. The molecule has 0 fully saturated rings. The molecule has 1 heterocycles.